The number of aromatic nitrogens is 3. The lowest BCUT2D eigenvalue weighted by atomic mass is 9.97. The van der Waals surface area contributed by atoms with Gasteiger partial charge in [-0.3, -0.25) is 9.78 Å². The number of hydrogen-bond donors (Lipinski definition) is 1. The topological polar surface area (TPSA) is 63.1 Å². The maximum Gasteiger partial charge on any atom is 0.225 e. The first-order chi connectivity index (χ1) is 14.8. The van der Waals surface area contributed by atoms with Gasteiger partial charge in [-0.15, -0.1) is 0 Å². The number of imidazole rings is 1. The van der Waals surface area contributed by atoms with Gasteiger partial charge in [-0.2, -0.15) is 0 Å². The third-order valence-corrected chi connectivity index (χ3v) is 6.56. The fraction of sp³-hybridized carbons (Fsp3) is 0.458. The number of piperidine rings is 1. The number of nitrogens with zero attached hydrogens (tertiary/aromatic N) is 4. The summed E-state index contributed by atoms with van der Waals surface area (Å²) in [6, 6.07) is 12.9. The molecule has 3 aromatic rings. The second kappa shape index (κ2) is 8.46. The van der Waals surface area contributed by atoms with Crippen molar-refractivity contribution in [3.8, 4) is 0 Å². The summed E-state index contributed by atoms with van der Waals surface area (Å²) >= 11 is 0. The first kappa shape index (κ1) is 19.1. The molecule has 30 heavy (non-hydrogen) atoms. The molecule has 0 bridgehead atoms. The van der Waals surface area contributed by atoms with Crippen LogP contribution in [0.1, 0.15) is 50.1 Å². The van der Waals surface area contributed by atoms with Gasteiger partial charge in [-0.1, -0.05) is 25.0 Å². The fourth-order valence-electron chi connectivity index (χ4n) is 4.98. The van der Waals surface area contributed by atoms with Crippen LogP contribution in [0.2, 0.25) is 0 Å². The van der Waals surface area contributed by atoms with Crippen molar-refractivity contribution in [2.45, 2.75) is 51.1 Å². The Morgan fingerprint density at radius 2 is 1.83 bits per heavy atom. The molecule has 1 aliphatic heterocycles. The molecule has 5 rings (SSSR count). The first-order valence-electron chi connectivity index (χ1n) is 11.2. The molecule has 6 heteroatoms. The zero-order valence-electron chi connectivity index (χ0n) is 17.3. The average Bonchev–Trinajstić information content (AvgIpc) is 3.46. The van der Waals surface area contributed by atoms with Crippen LogP contribution in [0.5, 0.6) is 0 Å². The Morgan fingerprint density at radius 3 is 2.67 bits per heavy atom. The third kappa shape index (κ3) is 3.78. The van der Waals surface area contributed by atoms with E-state index in [0.717, 1.165) is 43.0 Å². The van der Waals surface area contributed by atoms with Crippen LogP contribution in [0.25, 0.3) is 11.0 Å². The highest BCUT2D eigenvalue weighted by molar-refractivity contribution is 5.81. The zero-order chi connectivity index (χ0) is 20.3. The molecule has 1 aromatic carbocycles. The van der Waals surface area contributed by atoms with Crippen molar-refractivity contribution in [1.29, 1.82) is 0 Å². The molecule has 2 fully saturated rings. The summed E-state index contributed by atoms with van der Waals surface area (Å²) in [6.45, 7) is 2.25. The van der Waals surface area contributed by atoms with E-state index in [-0.39, 0.29) is 11.8 Å². The molecule has 1 saturated carbocycles. The second-order valence-electron chi connectivity index (χ2n) is 8.57. The van der Waals surface area contributed by atoms with E-state index in [1.54, 1.807) is 12.4 Å². The predicted octanol–water partition coefficient (Wildman–Crippen LogP) is 4.08. The number of amides is 1. The SMILES string of the molecule is O=C(NCc1ccncc1)C1CCCN(c2nc3ccccc3n2C2CCCC2)C1. The van der Waals surface area contributed by atoms with Gasteiger partial charge in [0.2, 0.25) is 11.9 Å². The molecule has 3 heterocycles. The van der Waals surface area contributed by atoms with Gasteiger partial charge >= 0.3 is 0 Å². The van der Waals surface area contributed by atoms with Crippen molar-refractivity contribution in [3.63, 3.8) is 0 Å². The smallest absolute Gasteiger partial charge is 0.225 e. The van der Waals surface area contributed by atoms with Crippen LogP contribution < -0.4 is 10.2 Å². The van der Waals surface area contributed by atoms with Crippen molar-refractivity contribution in [1.82, 2.24) is 19.9 Å². The van der Waals surface area contributed by atoms with Gasteiger partial charge in [0.1, 0.15) is 0 Å². The van der Waals surface area contributed by atoms with Crippen molar-refractivity contribution < 1.29 is 4.79 Å². The Hall–Kier alpha value is -2.89. The largest absolute Gasteiger partial charge is 0.352 e. The minimum atomic E-state index is -0.00238. The number of benzene rings is 1. The quantitative estimate of drug-likeness (QED) is 0.697. The summed E-state index contributed by atoms with van der Waals surface area (Å²) in [5.74, 6) is 1.19. The van der Waals surface area contributed by atoms with Gasteiger partial charge in [0.05, 0.1) is 17.0 Å². The van der Waals surface area contributed by atoms with Gasteiger partial charge < -0.3 is 14.8 Å². The van der Waals surface area contributed by atoms with Gasteiger partial charge in [0.15, 0.2) is 0 Å². The summed E-state index contributed by atoms with van der Waals surface area (Å²) in [7, 11) is 0. The molecule has 1 aliphatic carbocycles. The molecule has 1 atom stereocenters. The molecule has 0 radical (unpaired) electrons. The Morgan fingerprint density at radius 1 is 1.03 bits per heavy atom. The van der Waals surface area contributed by atoms with Crippen molar-refractivity contribution in [2.24, 2.45) is 5.92 Å². The number of carbonyl (C=O) groups excluding carboxylic acids is 1. The monoisotopic (exact) mass is 403 g/mol. The number of hydrogen-bond acceptors (Lipinski definition) is 4. The lowest BCUT2D eigenvalue weighted by molar-refractivity contribution is -0.125. The minimum absolute atomic E-state index is 0.00238. The molecule has 1 N–H and O–H groups in total. The molecule has 1 amide bonds. The normalized spacial score (nSPS) is 20.0. The fourth-order valence-corrected chi connectivity index (χ4v) is 4.98. The summed E-state index contributed by atoms with van der Waals surface area (Å²) in [5.41, 5.74) is 3.36. The van der Waals surface area contributed by atoms with Gasteiger partial charge in [-0.25, -0.2) is 4.98 Å². The lowest BCUT2D eigenvalue weighted by Gasteiger charge is -2.34. The Balaban J connectivity index is 1.35. The van der Waals surface area contributed by atoms with E-state index < -0.39 is 0 Å². The van der Waals surface area contributed by atoms with E-state index in [0.29, 0.717) is 12.6 Å². The summed E-state index contributed by atoms with van der Waals surface area (Å²) in [5, 5.41) is 3.12. The van der Waals surface area contributed by atoms with E-state index in [2.05, 4.69) is 44.0 Å². The van der Waals surface area contributed by atoms with Crippen molar-refractivity contribution >= 4 is 22.9 Å². The third-order valence-electron chi connectivity index (χ3n) is 6.56. The van der Waals surface area contributed by atoms with Gasteiger partial charge in [0, 0.05) is 38.1 Å². The summed E-state index contributed by atoms with van der Waals surface area (Å²) < 4.78 is 2.46. The Kier molecular flexibility index (Phi) is 5.39. The van der Waals surface area contributed by atoms with Crippen LogP contribution in [0, 0.1) is 5.92 Å². The van der Waals surface area contributed by atoms with Crippen LogP contribution >= 0.6 is 0 Å². The number of fused-ring (bicyclic) bond motifs is 1. The number of nitrogens with one attached hydrogen (secondary N) is 1. The van der Waals surface area contributed by atoms with Crippen LogP contribution in [0.3, 0.4) is 0 Å². The lowest BCUT2D eigenvalue weighted by Crippen LogP contribution is -2.44. The van der Waals surface area contributed by atoms with Crippen LogP contribution in [0.15, 0.2) is 48.8 Å². The molecule has 2 aromatic heterocycles. The van der Waals surface area contributed by atoms with E-state index in [4.69, 9.17) is 4.98 Å². The maximum atomic E-state index is 12.9. The average molecular weight is 404 g/mol. The minimum Gasteiger partial charge on any atom is -0.352 e. The molecule has 1 unspecified atom stereocenters. The number of anilines is 1. The molecule has 1 saturated heterocycles. The molecule has 0 spiro atoms. The van der Waals surface area contributed by atoms with Crippen LogP contribution in [-0.2, 0) is 11.3 Å². The number of carbonyl (C=O) groups is 1. The standard InChI is InChI=1S/C24H29N5O/c30-23(26-16-18-11-13-25-14-12-18)19-6-5-15-28(17-19)24-27-21-9-3-4-10-22(21)29(24)20-7-1-2-8-20/h3-4,9-14,19-20H,1-2,5-8,15-17H2,(H,26,30). The summed E-state index contributed by atoms with van der Waals surface area (Å²) in [4.78, 5) is 24.3. The zero-order valence-corrected chi connectivity index (χ0v) is 17.3. The molecule has 6 nitrogen and oxygen atoms in total. The van der Waals surface area contributed by atoms with Gasteiger partial charge in [0.25, 0.3) is 0 Å². The van der Waals surface area contributed by atoms with Gasteiger partial charge in [-0.05, 0) is 55.5 Å². The second-order valence-corrected chi connectivity index (χ2v) is 8.57. The van der Waals surface area contributed by atoms with Crippen molar-refractivity contribution in [2.75, 3.05) is 18.0 Å². The van der Waals surface area contributed by atoms with E-state index >= 15 is 0 Å². The number of para-hydroxylation sites is 2. The summed E-state index contributed by atoms with van der Waals surface area (Å²) in [6.07, 6.45) is 10.5. The predicted molar refractivity (Wildman–Crippen MR) is 118 cm³/mol. The number of pyridine rings is 1. The molecular weight excluding hydrogens is 374 g/mol. The molecule has 2 aliphatic rings. The van der Waals surface area contributed by atoms with Crippen molar-refractivity contribution in [3.05, 3.63) is 54.4 Å². The maximum absolute atomic E-state index is 12.9. The Labute approximate surface area is 177 Å². The van der Waals surface area contributed by atoms with E-state index in [9.17, 15) is 4.79 Å². The van der Waals surface area contributed by atoms with E-state index in [1.165, 1.54) is 31.2 Å². The van der Waals surface area contributed by atoms with E-state index in [1.807, 2.05) is 12.1 Å². The first-order valence-corrected chi connectivity index (χ1v) is 11.2. The Bertz CT molecular complexity index is 1010. The molecular formula is C24H29N5O. The highest BCUT2D eigenvalue weighted by atomic mass is 16.1. The van der Waals surface area contributed by atoms with Crippen LogP contribution in [-0.4, -0.2) is 33.5 Å². The number of rotatable bonds is 5. The highest BCUT2D eigenvalue weighted by Crippen LogP contribution is 2.37. The van der Waals surface area contributed by atoms with Crippen LogP contribution in [0.4, 0.5) is 5.95 Å². The molecule has 156 valence electrons. The highest BCUT2D eigenvalue weighted by Gasteiger charge is 2.31.